The number of rotatable bonds is 5. The largest absolute Gasteiger partial charge is 0.399 e. The van der Waals surface area contributed by atoms with Gasteiger partial charge in [0.1, 0.15) is 0 Å². The summed E-state index contributed by atoms with van der Waals surface area (Å²) < 4.78 is 0. The zero-order chi connectivity index (χ0) is 11.2. The Morgan fingerprint density at radius 1 is 1.06 bits per heavy atom. The van der Waals surface area contributed by atoms with Crippen LogP contribution in [0.25, 0.3) is 0 Å². The average molecular weight is 292 g/mol. The van der Waals surface area contributed by atoms with Gasteiger partial charge in [-0.25, -0.2) is 0 Å². The summed E-state index contributed by atoms with van der Waals surface area (Å²) in [4.78, 5) is 2.55. The Bertz CT molecular complexity index is 311. The van der Waals surface area contributed by atoms with Gasteiger partial charge in [0.05, 0.1) is 0 Å². The smallest absolute Gasteiger partial charge is 0.0341 e. The monoisotopic (exact) mass is 291 g/mol. The summed E-state index contributed by atoms with van der Waals surface area (Å²) in [7, 11) is 0. The molecule has 1 aliphatic heterocycles. The quantitative estimate of drug-likeness (QED) is 0.647. The first-order valence-electron chi connectivity index (χ1n) is 6.16. The third kappa shape index (κ3) is 5.80. The highest BCUT2D eigenvalue weighted by Crippen LogP contribution is 2.11. The van der Waals surface area contributed by atoms with Gasteiger partial charge in [0.2, 0.25) is 0 Å². The van der Waals surface area contributed by atoms with E-state index in [2.05, 4.69) is 10.2 Å². The number of likely N-dealkylation sites (tertiary alicyclic amines) is 1. The summed E-state index contributed by atoms with van der Waals surface area (Å²) in [6.07, 6.45) is 3.97. The third-order valence-corrected chi connectivity index (χ3v) is 3.09. The molecule has 1 aromatic rings. The minimum Gasteiger partial charge on any atom is -0.399 e. The van der Waals surface area contributed by atoms with Crippen molar-refractivity contribution >= 4 is 36.2 Å². The molecule has 0 amide bonds. The van der Waals surface area contributed by atoms with E-state index in [9.17, 15) is 0 Å². The van der Waals surface area contributed by atoms with Gasteiger partial charge in [0.15, 0.2) is 0 Å². The Labute approximate surface area is 122 Å². The number of nitrogen functional groups attached to an aromatic ring is 1. The van der Waals surface area contributed by atoms with Gasteiger partial charge in [-0.05, 0) is 63.2 Å². The van der Waals surface area contributed by atoms with Gasteiger partial charge in [-0.15, -0.1) is 24.8 Å². The minimum absolute atomic E-state index is 0. The van der Waals surface area contributed by atoms with Crippen molar-refractivity contribution in [2.45, 2.75) is 19.3 Å². The van der Waals surface area contributed by atoms with Crippen molar-refractivity contribution in [2.24, 2.45) is 0 Å². The van der Waals surface area contributed by atoms with Gasteiger partial charge >= 0.3 is 0 Å². The summed E-state index contributed by atoms with van der Waals surface area (Å²) in [6.45, 7) is 4.85. The zero-order valence-corrected chi connectivity index (χ0v) is 12.2. The Hall–Kier alpha value is -0.640. The number of nitrogens with one attached hydrogen (secondary N) is 1. The molecule has 104 valence electrons. The molecule has 1 saturated heterocycles. The van der Waals surface area contributed by atoms with E-state index < -0.39 is 0 Å². The van der Waals surface area contributed by atoms with Crippen LogP contribution in [0.1, 0.15) is 19.3 Å². The first kappa shape index (κ1) is 17.4. The molecule has 0 saturated carbocycles. The summed E-state index contributed by atoms with van der Waals surface area (Å²) in [5.41, 5.74) is 7.61. The van der Waals surface area contributed by atoms with E-state index in [4.69, 9.17) is 5.73 Å². The molecule has 1 fully saturated rings. The highest BCUT2D eigenvalue weighted by molar-refractivity contribution is 5.85. The van der Waals surface area contributed by atoms with E-state index >= 15 is 0 Å². The molecule has 0 spiro atoms. The van der Waals surface area contributed by atoms with Crippen LogP contribution in [0.15, 0.2) is 24.3 Å². The number of benzene rings is 1. The van der Waals surface area contributed by atoms with Crippen molar-refractivity contribution in [3.63, 3.8) is 0 Å². The van der Waals surface area contributed by atoms with Gasteiger partial charge in [0.25, 0.3) is 0 Å². The van der Waals surface area contributed by atoms with Crippen molar-refractivity contribution in [3.05, 3.63) is 24.3 Å². The molecule has 0 radical (unpaired) electrons. The molecule has 0 atom stereocenters. The van der Waals surface area contributed by atoms with E-state index in [0.29, 0.717) is 0 Å². The van der Waals surface area contributed by atoms with Crippen molar-refractivity contribution in [1.29, 1.82) is 0 Å². The second-order valence-electron chi connectivity index (χ2n) is 4.45. The van der Waals surface area contributed by atoms with Crippen LogP contribution in [0.5, 0.6) is 0 Å². The molecule has 1 aromatic carbocycles. The minimum atomic E-state index is 0. The molecular weight excluding hydrogens is 269 g/mol. The Balaban J connectivity index is 0.00000144. The van der Waals surface area contributed by atoms with Crippen molar-refractivity contribution in [1.82, 2.24) is 4.90 Å². The zero-order valence-electron chi connectivity index (χ0n) is 10.6. The average Bonchev–Trinajstić information content (AvgIpc) is 2.80. The summed E-state index contributed by atoms with van der Waals surface area (Å²) >= 11 is 0. The Kier molecular flexibility index (Phi) is 8.98. The molecule has 1 heterocycles. The fourth-order valence-electron chi connectivity index (χ4n) is 2.14. The molecular formula is C13H23Cl2N3. The fraction of sp³-hybridized carbons (Fsp3) is 0.538. The fourth-order valence-corrected chi connectivity index (χ4v) is 2.14. The Morgan fingerprint density at radius 3 is 2.28 bits per heavy atom. The van der Waals surface area contributed by atoms with E-state index in [1.807, 2.05) is 24.3 Å². The van der Waals surface area contributed by atoms with E-state index in [-0.39, 0.29) is 24.8 Å². The maximum atomic E-state index is 5.63. The summed E-state index contributed by atoms with van der Waals surface area (Å²) in [5, 5.41) is 3.41. The molecule has 0 aromatic heterocycles. The predicted molar refractivity (Wildman–Crippen MR) is 84.1 cm³/mol. The molecule has 2 rings (SSSR count). The second kappa shape index (κ2) is 9.31. The molecule has 5 heteroatoms. The standard InChI is InChI=1S/C13H21N3.2ClH/c14-12-4-6-13(7-5-12)15-8-3-11-16-9-1-2-10-16;;/h4-7,15H,1-3,8-11,14H2;2*1H. The molecule has 18 heavy (non-hydrogen) atoms. The predicted octanol–water partition coefficient (Wildman–Crippen LogP) is 3.01. The van der Waals surface area contributed by atoms with Crippen LogP contribution >= 0.6 is 24.8 Å². The van der Waals surface area contributed by atoms with E-state index in [0.717, 1.165) is 17.9 Å². The van der Waals surface area contributed by atoms with Crippen LogP contribution in [0.3, 0.4) is 0 Å². The van der Waals surface area contributed by atoms with Crippen LogP contribution in [0.2, 0.25) is 0 Å². The number of nitrogens with zero attached hydrogens (tertiary/aromatic N) is 1. The van der Waals surface area contributed by atoms with Crippen LogP contribution in [0, 0.1) is 0 Å². The highest BCUT2D eigenvalue weighted by atomic mass is 35.5. The second-order valence-corrected chi connectivity index (χ2v) is 4.45. The van der Waals surface area contributed by atoms with Gasteiger partial charge < -0.3 is 16.0 Å². The molecule has 0 bridgehead atoms. The molecule has 3 nitrogen and oxygen atoms in total. The normalized spacial score (nSPS) is 14.7. The molecule has 0 unspecified atom stereocenters. The number of anilines is 2. The molecule has 3 N–H and O–H groups in total. The van der Waals surface area contributed by atoms with Crippen LogP contribution < -0.4 is 11.1 Å². The first-order chi connectivity index (χ1) is 7.84. The highest BCUT2D eigenvalue weighted by Gasteiger charge is 2.09. The third-order valence-electron chi connectivity index (χ3n) is 3.09. The van der Waals surface area contributed by atoms with Crippen LogP contribution in [-0.2, 0) is 0 Å². The maximum absolute atomic E-state index is 5.63. The number of halogens is 2. The lowest BCUT2D eigenvalue weighted by atomic mass is 10.3. The number of hydrogen-bond acceptors (Lipinski definition) is 3. The SMILES string of the molecule is Cl.Cl.Nc1ccc(NCCCN2CCCC2)cc1. The van der Waals surface area contributed by atoms with Gasteiger partial charge in [-0.2, -0.15) is 0 Å². The summed E-state index contributed by atoms with van der Waals surface area (Å²) in [6, 6.07) is 7.93. The van der Waals surface area contributed by atoms with E-state index in [1.165, 1.54) is 38.9 Å². The van der Waals surface area contributed by atoms with Gasteiger partial charge in [-0.1, -0.05) is 0 Å². The summed E-state index contributed by atoms with van der Waals surface area (Å²) in [5.74, 6) is 0. The first-order valence-corrected chi connectivity index (χ1v) is 6.16. The lowest BCUT2D eigenvalue weighted by Gasteiger charge is -2.14. The van der Waals surface area contributed by atoms with Crippen molar-refractivity contribution in [2.75, 3.05) is 37.2 Å². The topological polar surface area (TPSA) is 41.3 Å². The number of hydrogen-bond donors (Lipinski definition) is 2. The number of nitrogens with two attached hydrogens (primary N) is 1. The van der Waals surface area contributed by atoms with Gasteiger partial charge in [0, 0.05) is 17.9 Å². The van der Waals surface area contributed by atoms with Crippen molar-refractivity contribution in [3.8, 4) is 0 Å². The lowest BCUT2D eigenvalue weighted by molar-refractivity contribution is 0.337. The van der Waals surface area contributed by atoms with Crippen molar-refractivity contribution < 1.29 is 0 Å². The lowest BCUT2D eigenvalue weighted by Crippen LogP contribution is -2.22. The molecule has 1 aliphatic rings. The van der Waals surface area contributed by atoms with Gasteiger partial charge in [-0.3, -0.25) is 0 Å². The van der Waals surface area contributed by atoms with E-state index in [1.54, 1.807) is 0 Å². The van der Waals surface area contributed by atoms with Crippen LogP contribution in [-0.4, -0.2) is 31.1 Å². The maximum Gasteiger partial charge on any atom is 0.0341 e. The Morgan fingerprint density at radius 2 is 1.67 bits per heavy atom. The molecule has 0 aliphatic carbocycles. The van der Waals surface area contributed by atoms with Crippen LogP contribution in [0.4, 0.5) is 11.4 Å².